The van der Waals surface area contributed by atoms with Crippen molar-refractivity contribution in [3.8, 4) is 11.1 Å². The number of halogens is 1. The lowest BCUT2D eigenvalue weighted by Crippen LogP contribution is -2.29. The number of hydrogen-bond acceptors (Lipinski definition) is 5. The van der Waals surface area contributed by atoms with Crippen LogP contribution < -0.4 is 10.6 Å². The summed E-state index contributed by atoms with van der Waals surface area (Å²) in [6, 6.07) is 0.505. The Labute approximate surface area is 166 Å². The monoisotopic (exact) mass is 429 g/mol. The second-order valence-corrected chi connectivity index (χ2v) is 8.40. The van der Waals surface area contributed by atoms with Gasteiger partial charge in [-0.15, -0.1) is 0 Å². The van der Waals surface area contributed by atoms with Crippen LogP contribution >= 0.6 is 15.9 Å². The number of aromatic nitrogens is 5. The first-order valence-corrected chi connectivity index (χ1v) is 10.6. The van der Waals surface area contributed by atoms with E-state index in [1.807, 2.05) is 23.1 Å². The minimum Gasteiger partial charge on any atom is -0.366 e. The normalized spacial score (nSPS) is 21.1. The largest absolute Gasteiger partial charge is 0.366 e. The molecule has 142 valence electrons. The summed E-state index contributed by atoms with van der Waals surface area (Å²) in [4.78, 5) is 5.08. The van der Waals surface area contributed by atoms with E-state index in [0.717, 1.165) is 52.3 Å². The Kier molecular flexibility index (Phi) is 4.61. The van der Waals surface area contributed by atoms with Crippen LogP contribution in [0, 0.1) is 0 Å². The number of aromatic amines is 1. The Hall–Kier alpha value is -1.93. The number of rotatable bonds is 4. The van der Waals surface area contributed by atoms with Crippen LogP contribution in [-0.4, -0.2) is 43.9 Å². The summed E-state index contributed by atoms with van der Waals surface area (Å²) in [5.74, 6) is 1.44. The van der Waals surface area contributed by atoms with Gasteiger partial charge in [0.2, 0.25) is 0 Å². The van der Waals surface area contributed by atoms with E-state index in [-0.39, 0.29) is 0 Å². The molecule has 1 aliphatic carbocycles. The Balaban J connectivity index is 1.66. The maximum absolute atomic E-state index is 5.08. The van der Waals surface area contributed by atoms with Crippen LogP contribution in [0.1, 0.15) is 50.1 Å². The number of anilines is 1. The molecular formula is C19H24BrN7. The molecular weight excluding hydrogens is 406 g/mol. The third-order valence-electron chi connectivity index (χ3n) is 5.80. The Morgan fingerprint density at radius 1 is 1.15 bits per heavy atom. The van der Waals surface area contributed by atoms with Crippen LogP contribution in [0.15, 0.2) is 23.1 Å². The van der Waals surface area contributed by atoms with Crippen LogP contribution in [0.2, 0.25) is 0 Å². The quantitative estimate of drug-likeness (QED) is 0.588. The van der Waals surface area contributed by atoms with Crippen molar-refractivity contribution in [2.24, 2.45) is 0 Å². The van der Waals surface area contributed by atoms with Crippen molar-refractivity contribution in [2.45, 2.75) is 50.5 Å². The zero-order chi connectivity index (χ0) is 18.2. The summed E-state index contributed by atoms with van der Waals surface area (Å²) in [7, 11) is 0. The SMILES string of the molecule is Brc1c(C2CCCNC2)nc2c(-c3cn[nH]c3)cnn2c1NC1CCCC1. The van der Waals surface area contributed by atoms with Gasteiger partial charge in [0.05, 0.1) is 22.6 Å². The molecule has 27 heavy (non-hydrogen) atoms. The van der Waals surface area contributed by atoms with Crippen molar-refractivity contribution in [2.75, 3.05) is 18.4 Å². The number of nitrogens with zero attached hydrogens (tertiary/aromatic N) is 4. The summed E-state index contributed by atoms with van der Waals surface area (Å²) in [6.07, 6.45) is 13.0. The fraction of sp³-hybridized carbons (Fsp3) is 0.526. The van der Waals surface area contributed by atoms with Crippen LogP contribution in [-0.2, 0) is 0 Å². The third kappa shape index (κ3) is 3.14. The Bertz CT molecular complexity index is 921. The number of hydrogen-bond donors (Lipinski definition) is 3. The van der Waals surface area contributed by atoms with E-state index in [1.54, 1.807) is 0 Å². The Morgan fingerprint density at radius 3 is 2.78 bits per heavy atom. The van der Waals surface area contributed by atoms with Crippen molar-refractivity contribution in [3.63, 3.8) is 0 Å². The molecule has 0 amide bonds. The first-order valence-electron chi connectivity index (χ1n) is 9.85. The smallest absolute Gasteiger partial charge is 0.165 e. The fourth-order valence-corrected chi connectivity index (χ4v) is 5.03. The highest BCUT2D eigenvalue weighted by Crippen LogP contribution is 2.37. The zero-order valence-corrected chi connectivity index (χ0v) is 16.8. The van der Waals surface area contributed by atoms with Crippen molar-refractivity contribution in [1.82, 2.24) is 30.1 Å². The molecule has 4 heterocycles. The van der Waals surface area contributed by atoms with Crippen molar-refractivity contribution < 1.29 is 0 Å². The fourth-order valence-electron chi connectivity index (χ4n) is 4.34. The molecule has 3 aromatic heterocycles. The van der Waals surface area contributed by atoms with E-state index >= 15 is 0 Å². The molecule has 3 N–H and O–H groups in total. The van der Waals surface area contributed by atoms with Crippen molar-refractivity contribution in [3.05, 3.63) is 28.8 Å². The second kappa shape index (κ2) is 7.24. The standard InChI is InChI=1S/C19H24BrN7/c20-16-17(12-4-3-7-21-8-12)26-18-15(13-9-22-23-10-13)11-24-27(18)19(16)25-14-5-1-2-6-14/h9-12,14,21,25H,1-8H2,(H,22,23). The van der Waals surface area contributed by atoms with E-state index < -0.39 is 0 Å². The zero-order valence-electron chi connectivity index (χ0n) is 15.2. The van der Waals surface area contributed by atoms with Crippen molar-refractivity contribution >= 4 is 27.4 Å². The minimum absolute atomic E-state index is 0.411. The van der Waals surface area contributed by atoms with Gasteiger partial charge >= 0.3 is 0 Å². The highest BCUT2D eigenvalue weighted by Gasteiger charge is 2.26. The minimum atomic E-state index is 0.411. The number of nitrogens with one attached hydrogen (secondary N) is 3. The maximum atomic E-state index is 5.08. The van der Waals surface area contributed by atoms with Gasteiger partial charge in [-0.1, -0.05) is 12.8 Å². The van der Waals surface area contributed by atoms with Crippen LogP contribution in [0.5, 0.6) is 0 Å². The molecule has 0 radical (unpaired) electrons. The molecule has 1 atom stereocenters. The first kappa shape index (κ1) is 17.2. The number of fused-ring (bicyclic) bond motifs is 1. The molecule has 1 saturated heterocycles. The molecule has 3 aromatic rings. The van der Waals surface area contributed by atoms with Gasteiger partial charge in [-0.05, 0) is 48.2 Å². The first-order chi connectivity index (χ1) is 13.3. The average molecular weight is 430 g/mol. The molecule has 2 aliphatic rings. The predicted molar refractivity (Wildman–Crippen MR) is 109 cm³/mol. The molecule has 7 nitrogen and oxygen atoms in total. The molecule has 1 aliphatic heterocycles. The summed E-state index contributed by atoms with van der Waals surface area (Å²) in [6.45, 7) is 2.07. The predicted octanol–water partition coefficient (Wildman–Crippen LogP) is 3.70. The molecule has 0 spiro atoms. The number of H-pyrrole nitrogens is 1. The topological polar surface area (TPSA) is 82.9 Å². The lowest BCUT2D eigenvalue weighted by molar-refractivity contribution is 0.453. The molecule has 0 aromatic carbocycles. The summed E-state index contributed by atoms with van der Waals surface area (Å²) in [5, 5.41) is 18.9. The highest BCUT2D eigenvalue weighted by atomic mass is 79.9. The van der Waals surface area contributed by atoms with E-state index in [4.69, 9.17) is 4.98 Å². The van der Waals surface area contributed by atoms with E-state index in [2.05, 4.69) is 41.9 Å². The van der Waals surface area contributed by atoms with E-state index in [1.165, 1.54) is 32.1 Å². The molecule has 2 fully saturated rings. The van der Waals surface area contributed by atoms with Gasteiger partial charge in [-0.3, -0.25) is 5.10 Å². The van der Waals surface area contributed by atoms with Gasteiger partial charge < -0.3 is 10.6 Å². The molecule has 5 rings (SSSR count). The molecule has 1 unspecified atom stereocenters. The number of piperidine rings is 1. The third-order valence-corrected chi connectivity index (χ3v) is 6.59. The van der Waals surface area contributed by atoms with E-state index in [0.29, 0.717) is 12.0 Å². The van der Waals surface area contributed by atoms with Gasteiger partial charge in [-0.2, -0.15) is 14.7 Å². The summed E-state index contributed by atoms with van der Waals surface area (Å²) in [5.41, 5.74) is 4.04. The van der Waals surface area contributed by atoms with Crippen LogP contribution in [0.4, 0.5) is 5.82 Å². The van der Waals surface area contributed by atoms with Crippen LogP contribution in [0.25, 0.3) is 16.8 Å². The second-order valence-electron chi connectivity index (χ2n) is 7.61. The Morgan fingerprint density at radius 2 is 2.04 bits per heavy atom. The van der Waals surface area contributed by atoms with Gasteiger partial charge in [0.1, 0.15) is 5.82 Å². The maximum Gasteiger partial charge on any atom is 0.165 e. The van der Waals surface area contributed by atoms with Gasteiger partial charge in [0.25, 0.3) is 0 Å². The van der Waals surface area contributed by atoms with Gasteiger partial charge in [0, 0.05) is 35.8 Å². The molecule has 1 saturated carbocycles. The summed E-state index contributed by atoms with van der Waals surface area (Å²) < 4.78 is 3.00. The lowest BCUT2D eigenvalue weighted by atomic mass is 9.95. The molecule has 8 heteroatoms. The average Bonchev–Trinajstić information content (AvgIpc) is 3.45. The highest BCUT2D eigenvalue weighted by molar-refractivity contribution is 9.10. The lowest BCUT2D eigenvalue weighted by Gasteiger charge is -2.25. The summed E-state index contributed by atoms with van der Waals surface area (Å²) >= 11 is 3.87. The molecule has 0 bridgehead atoms. The van der Waals surface area contributed by atoms with Gasteiger partial charge in [-0.25, -0.2) is 4.98 Å². The van der Waals surface area contributed by atoms with Crippen molar-refractivity contribution in [1.29, 1.82) is 0 Å². The van der Waals surface area contributed by atoms with Gasteiger partial charge in [0.15, 0.2) is 5.65 Å². The van der Waals surface area contributed by atoms with E-state index in [9.17, 15) is 0 Å². The van der Waals surface area contributed by atoms with Crippen LogP contribution in [0.3, 0.4) is 0 Å².